The van der Waals surface area contributed by atoms with Crippen molar-refractivity contribution in [1.82, 2.24) is 0 Å². The first-order chi connectivity index (χ1) is 15.3. The number of hydrogen-bond acceptors (Lipinski definition) is 2. The number of carbonyl (C=O) groups excluding carboxylic acids is 1. The minimum absolute atomic E-state index is 0.0984. The van der Waals surface area contributed by atoms with E-state index >= 15 is 0 Å². The van der Waals surface area contributed by atoms with Gasteiger partial charge in [0.05, 0.1) is 5.56 Å². The number of hydrogen-bond donors (Lipinski definition) is 0. The maximum Gasteiger partial charge on any atom is 0.338 e. The van der Waals surface area contributed by atoms with Crippen molar-refractivity contribution in [3.05, 3.63) is 107 Å². The normalized spacial score (nSPS) is 13.8. The van der Waals surface area contributed by atoms with E-state index in [-0.39, 0.29) is 12.1 Å². The van der Waals surface area contributed by atoms with Crippen molar-refractivity contribution in [2.24, 2.45) is 0 Å². The third-order valence-corrected chi connectivity index (χ3v) is 5.80. The molecule has 0 spiro atoms. The number of ether oxygens (including phenoxy) is 1. The van der Waals surface area contributed by atoms with Crippen molar-refractivity contribution < 1.29 is 9.53 Å². The fourth-order valence-corrected chi connectivity index (χ4v) is 3.92. The van der Waals surface area contributed by atoms with Gasteiger partial charge in [-0.3, -0.25) is 0 Å². The fourth-order valence-electron chi connectivity index (χ4n) is 3.92. The Balaban J connectivity index is 1.28. The van der Waals surface area contributed by atoms with Crippen LogP contribution in [0.1, 0.15) is 64.7 Å². The molecule has 1 saturated carbocycles. The molecule has 4 rings (SSSR count). The average Bonchev–Trinajstić information content (AvgIpc) is 2.84. The molecule has 0 bridgehead atoms. The largest absolute Gasteiger partial charge is 0.459 e. The molecule has 1 aliphatic carbocycles. The highest BCUT2D eigenvalue weighted by molar-refractivity contribution is 5.89. The van der Waals surface area contributed by atoms with Crippen LogP contribution < -0.4 is 0 Å². The minimum Gasteiger partial charge on any atom is -0.459 e. The monoisotopic (exact) mass is 408 g/mol. The van der Waals surface area contributed by atoms with Crippen LogP contribution in [0.2, 0.25) is 0 Å². The summed E-state index contributed by atoms with van der Waals surface area (Å²) in [5.41, 5.74) is 5.20. The molecule has 0 aliphatic heterocycles. The molecule has 0 heterocycles. The average molecular weight is 409 g/mol. The molecule has 3 aromatic rings. The third kappa shape index (κ3) is 6.33. The van der Waals surface area contributed by atoms with Gasteiger partial charge >= 0.3 is 5.97 Å². The zero-order valence-corrected chi connectivity index (χ0v) is 17.8. The van der Waals surface area contributed by atoms with Crippen LogP contribution in [0, 0.1) is 11.8 Å². The first-order valence-electron chi connectivity index (χ1n) is 11.2. The summed E-state index contributed by atoms with van der Waals surface area (Å²) in [6.07, 6.45) is 7.58. The van der Waals surface area contributed by atoms with Gasteiger partial charge in [0.2, 0.25) is 0 Å². The van der Waals surface area contributed by atoms with Gasteiger partial charge in [-0.25, -0.2) is 4.79 Å². The standard InChI is InChI=1S/C29H28O2/c30-29(31-28-9-5-2-6-10-28)27-21-19-26(20-22-27)18-17-25-15-13-24(14-16-25)12-11-23-7-3-1-4-8-23/h1,3-4,7-8,13-16,19-22,28H,2,5-6,9-10,17-18H2. The molecule has 1 fully saturated rings. The topological polar surface area (TPSA) is 26.3 Å². The van der Waals surface area contributed by atoms with E-state index in [9.17, 15) is 4.79 Å². The Morgan fingerprint density at radius 2 is 1.26 bits per heavy atom. The van der Waals surface area contributed by atoms with Gasteiger partial charge < -0.3 is 4.74 Å². The van der Waals surface area contributed by atoms with Gasteiger partial charge in [0.1, 0.15) is 6.10 Å². The number of carbonyl (C=O) groups is 1. The zero-order valence-electron chi connectivity index (χ0n) is 17.8. The Morgan fingerprint density at radius 3 is 1.87 bits per heavy atom. The highest BCUT2D eigenvalue weighted by Crippen LogP contribution is 2.21. The number of benzene rings is 3. The summed E-state index contributed by atoms with van der Waals surface area (Å²) in [6.45, 7) is 0. The summed E-state index contributed by atoms with van der Waals surface area (Å²) in [5.74, 6) is 6.22. The maximum absolute atomic E-state index is 12.3. The van der Waals surface area contributed by atoms with Crippen molar-refractivity contribution in [3.8, 4) is 11.8 Å². The summed E-state index contributed by atoms with van der Waals surface area (Å²) in [4.78, 5) is 12.3. The highest BCUT2D eigenvalue weighted by atomic mass is 16.5. The summed E-state index contributed by atoms with van der Waals surface area (Å²) < 4.78 is 5.66. The molecule has 2 nitrogen and oxygen atoms in total. The summed E-state index contributed by atoms with van der Waals surface area (Å²) in [6, 6.07) is 26.3. The second kappa shape index (κ2) is 10.6. The molecular formula is C29H28O2. The van der Waals surface area contributed by atoms with Gasteiger partial charge in [0.25, 0.3) is 0 Å². The van der Waals surface area contributed by atoms with E-state index in [2.05, 4.69) is 36.1 Å². The van der Waals surface area contributed by atoms with Gasteiger partial charge in [-0.05, 0) is 86.1 Å². The number of esters is 1. The van der Waals surface area contributed by atoms with Crippen LogP contribution in [0.4, 0.5) is 0 Å². The smallest absolute Gasteiger partial charge is 0.338 e. The Kier molecular flexibility index (Phi) is 7.19. The summed E-state index contributed by atoms with van der Waals surface area (Å²) >= 11 is 0. The highest BCUT2D eigenvalue weighted by Gasteiger charge is 2.18. The Bertz CT molecular complexity index is 1030. The SMILES string of the molecule is O=C(OC1CCCCC1)c1ccc(CCc2ccc(C#Cc3ccccc3)cc2)cc1. The van der Waals surface area contributed by atoms with E-state index in [1.807, 2.05) is 54.6 Å². The third-order valence-electron chi connectivity index (χ3n) is 5.80. The molecule has 156 valence electrons. The lowest BCUT2D eigenvalue weighted by molar-refractivity contribution is 0.0211. The molecule has 0 aromatic heterocycles. The van der Waals surface area contributed by atoms with Gasteiger partial charge in [-0.15, -0.1) is 0 Å². The molecule has 0 amide bonds. The van der Waals surface area contributed by atoms with E-state index in [1.54, 1.807) is 0 Å². The molecule has 2 heteroatoms. The lowest BCUT2D eigenvalue weighted by Crippen LogP contribution is -2.20. The van der Waals surface area contributed by atoms with Crippen LogP contribution >= 0.6 is 0 Å². The summed E-state index contributed by atoms with van der Waals surface area (Å²) in [5, 5.41) is 0. The first-order valence-corrected chi connectivity index (χ1v) is 11.2. The van der Waals surface area contributed by atoms with Crippen LogP contribution in [0.15, 0.2) is 78.9 Å². The molecule has 1 aliphatic rings. The van der Waals surface area contributed by atoms with Crippen LogP contribution in [0.3, 0.4) is 0 Å². The van der Waals surface area contributed by atoms with Gasteiger partial charge in [0.15, 0.2) is 0 Å². The fraction of sp³-hybridized carbons (Fsp3) is 0.276. The molecule has 0 N–H and O–H groups in total. The molecule has 0 unspecified atom stereocenters. The van der Waals surface area contributed by atoms with Gasteiger partial charge in [-0.1, -0.05) is 60.7 Å². The van der Waals surface area contributed by atoms with Crippen LogP contribution in [-0.2, 0) is 17.6 Å². The molecular weight excluding hydrogens is 380 g/mol. The quantitative estimate of drug-likeness (QED) is 0.363. The predicted octanol–water partition coefficient (Wildman–Crippen LogP) is 6.36. The van der Waals surface area contributed by atoms with E-state index in [0.29, 0.717) is 5.56 Å². The Labute approximate surface area is 185 Å². The van der Waals surface area contributed by atoms with E-state index in [0.717, 1.165) is 49.7 Å². The van der Waals surface area contributed by atoms with Gasteiger partial charge in [-0.2, -0.15) is 0 Å². The zero-order chi connectivity index (χ0) is 21.3. The van der Waals surface area contributed by atoms with Crippen molar-refractivity contribution in [2.75, 3.05) is 0 Å². The van der Waals surface area contributed by atoms with Crippen molar-refractivity contribution >= 4 is 5.97 Å². The van der Waals surface area contributed by atoms with Crippen molar-refractivity contribution in [3.63, 3.8) is 0 Å². The summed E-state index contributed by atoms with van der Waals surface area (Å²) in [7, 11) is 0. The minimum atomic E-state index is -0.189. The Hall–Kier alpha value is -3.31. The van der Waals surface area contributed by atoms with Gasteiger partial charge in [0, 0.05) is 11.1 Å². The van der Waals surface area contributed by atoms with Crippen LogP contribution in [0.5, 0.6) is 0 Å². The first kappa shape index (κ1) is 20.9. The van der Waals surface area contributed by atoms with E-state index < -0.39 is 0 Å². The van der Waals surface area contributed by atoms with Crippen LogP contribution in [-0.4, -0.2) is 12.1 Å². The molecule has 0 radical (unpaired) electrons. The van der Waals surface area contributed by atoms with Crippen molar-refractivity contribution in [2.45, 2.75) is 51.0 Å². The second-order valence-corrected chi connectivity index (χ2v) is 8.18. The molecule has 3 aromatic carbocycles. The Morgan fingerprint density at radius 1 is 0.710 bits per heavy atom. The van der Waals surface area contributed by atoms with E-state index in [4.69, 9.17) is 4.74 Å². The second-order valence-electron chi connectivity index (χ2n) is 8.18. The lowest BCUT2D eigenvalue weighted by Gasteiger charge is -2.21. The maximum atomic E-state index is 12.3. The van der Waals surface area contributed by atoms with Crippen LogP contribution in [0.25, 0.3) is 0 Å². The predicted molar refractivity (Wildman–Crippen MR) is 125 cm³/mol. The van der Waals surface area contributed by atoms with E-state index in [1.165, 1.54) is 17.5 Å². The molecule has 0 saturated heterocycles. The number of aryl methyl sites for hydroxylation is 2. The molecule has 0 atom stereocenters. The lowest BCUT2D eigenvalue weighted by atomic mass is 9.98. The molecule has 31 heavy (non-hydrogen) atoms. The van der Waals surface area contributed by atoms with Crippen molar-refractivity contribution in [1.29, 1.82) is 0 Å². The number of rotatable bonds is 5.